The molecule has 21 heavy (non-hydrogen) atoms. The summed E-state index contributed by atoms with van der Waals surface area (Å²) in [5, 5.41) is 12.8. The third-order valence-corrected chi connectivity index (χ3v) is 4.09. The van der Waals surface area contributed by atoms with Gasteiger partial charge in [-0.05, 0) is 33.1 Å². The lowest BCUT2D eigenvalue weighted by atomic mass is 9.90. The summed E-state index contributed by atoms with van der Waals surface area (Å²) < 4.78 is 0. The van der Waals surface area contributed by atoms with E-state index in [9.17, 15) is 14.9 Å². The van der Waals surface area contributed by atoms with E-state index in [4.69, 9.17) is 0 Å². The number of nitriles is 1. The summed E-state index contributed by atoms with van der Waals surface area (Å²) in [6.07, 6.45) is 2.27. The molecule has 1 atom stereocenters. The number of amides is 2. The quantitative estimate of drug-likeness (QED) is 0.730. The molecule has 1 unspecified atom stereocenters. The van der Waals surface area contributed by atoms with E-state index in [2.05, 4.69) is 11.4 Å². The molecule has 1 fully saturated rings. The van der Waals surface area contributed by atoms with Crippen LogP contribution in [0.1, 0.15) is 60.3 Å². The van der Waals surface area contributed by atoms with E-state index in [1.807, 2.05) is 20.8 Å². The van der Waals surface area contributed by atoms with E-state index in [0.29, 0.717) is 25.8 Å². The highest BCUT2D eigenvalue weighted by molar-refractivity contribution is 6.05. The molecule has 1 heterocycles. The van der Waals surface area contributed by atoms with Crippen molar-refractivity contribution in [3.05, 3.63) is 0 Å². The number of carbonyl (C=O) groups is 2. The molecule has 1 N–H and O–H groups in total. The van der Waals surface area contributed by atoms with Crippen LogP contribution in [0.25, 0.3) is 0 Å². The second-order valence-corrected chi connectivity index (χ2v) is 6.86. The molecule has 0 saturated carbocycles. The molecule has 118 valence electrons. The molecule has 0 aromatic rings. The zero-order valence-electron chi connectivity index (χ0n) is 13.8. The van der Waals surface area contributed by atoms with Crippen molar-refractivity contribution in [2.75, 3.05) is 6.54 Å². The van der Waals surface area contributed by atoms with Crippen LogP contribution in [0.4, 0.5) is 0 Å². The van der Waals surface area contributed by atoms with Crippen LogP contribution in [0.15, 0.2) is 0 Å². The Kier molecular flexibility index (Phi) is 5.52. The Morgan fingerprint density at radius 2 is 2.05 bits per heavy atom. The fraction of sp³-hybridized carbons (Fsp3) is 0.812. The molecular weight excluding hydrogens is 266 g/mol. The van der Waals surface area contributed by atoms with Gasteiger partial charge in [0.25, 0.3) is 0 Å². The van der Waals surface area contributed by atoms with Crippen LogP contribution in [0.5, 0.6) is 0 Å². The standard InChI is InChI=1S/C16H27N3O2/c1-6-16(11-17,18-12(2)3)8-7-9-19-13(20)10-15(4,5)14(19)21/h12,18H,6-10H2,1-5H3. The molecule has 5 nitrogen and oxygen atoms in total. The van der Waals surface area contributed by atoms with Gasteiger partial charge in [0, 0.05) is 19.0 Å². The van der Waals surface area contributed by atoms with Crippen LogP contribution in [0.3, 0.4) is 0 Å². The molecule has 0 radical (unpaired) electrons. The fourth-order valence-corrected chi connectivity index (χ4v) is 2.86. The molecule has 1 aliphatic rings. The van der Waals surface area contributed by atoms with Gasteiger partial charge in [0.15, 0.2) is 0 Å². The molecular formula is C16H27N3O2. The van der Waals surface area contributed by atoms with Crippen LogP contribution in [0.2, 0.25) is 0 Å². The van der Waals surface area contributed by atoms with Gasteiger partial charge in [-0.15, -0.1) is 0 Å². The van der Waals surface area contributed by atoms with E-state index >= 15 is 0 Å². The molecule has 1 saturated heterocycles. The van der Waals surface area contributed by atoms with E-state index < -0.39 is 11.0 Å². The van der Waals surface area contributed by atoms with E-state index in [1.165, 1.54) is 4.90 Å². The molecule has 5 heteroatoms. The second-order valence-electron chi connectivity index (χ2n) is 6.86. The number of imide groups is 1. The number of likely N-dealkylation sites (tertiary alicyclic amines) is 1. The Bertz CT molecular complexity index is 451. The largest absolute Gasteiger partial charge is 0.297 e. The minimum atomic E-state index is -0.579. The van der Waals surface area contributed by atoms with Crippen molar-refractivity contribution in [1.29, 1.82) is 5.26 Å². The summed E-state index contributed by atoms with van der Waals surface area (Å²) >= 11 is 0. The van der Waals surface area contributed by atoms with Crippen molar-refractivity contribution >= 4 is 11.8 Å². The van der Waals surface area contributed by atoms with Gasteiger partial charge in [-0.2, -0.15) is 5.26 Å². The minimum Gasteiger partial charge on any atom is -0.297 e. The molecule has 0 bridgehead atoms. The van der Waals surface area contributed by atoms with E-state index in [1.54, 1.807) is 13.8 Å². The third-order valence-electron chi connectivity index (χ3n) is 4.09. The Morgan fingerprint density at radius 1 is 1.43 bits per heavy atom. The number of rotatable bonds is 7. The summed E-state index contributed by atoms with van der Waals surface area (Å²) in [6, 6.07) is 2.58. The molecule has 0 aliphatic carbocycles. The number of hydrogen-bond donors (Lipinski definition) is 1. The van der Waals surface area contributed by atoms with Gasteiger partial charge in [0.2, 0.25) is 11.8 Å². The molecule has 1 aliphatic heterocycles. The summed E-state index contributed by atoms with van der Waals surface area (Å²) in [4.78, 5) is 25.4. The van der Waals surface area contributed by atoms with Crippen molar-refractivity contribution in [3.8, 4) is 6.07 Å². The predicted octanol–water partition coefficient (Wildman–Crippen LogP) is 2.22. The normalized spacial score (nSPS) is 20.7. The van der Waals surface area contributed by atoms with E-state index in [0.717, 1.165) is 0 Å². The highest BCUT2D eigenvalue weighted by Gasteiger charge is 2.44. The second kappa shape index (κ2) is 6.57. The summed E-state index contributed by atoms with van der Waals surface area (Å²) in [7, 11) is 0. The first kappa shape index (κ1) is 17.6. The molecule has 2 amide bonds. The first-order valence-electron chi connectivity index (χ1n) is 7.71. The maximum Gasteiger partial charge on any atom is 0.235 e. The third kappa shape index (κ3) is 4.04. The van der Waals surface area contributed by atoms with Crippen molar-refractivity contribution < 1.29 is 9.59 Å². The number of carbonyl (C=O) groups excluding carboxylic acids is 2. The topological polar surface area (TPSA) is 73.2 Å². The minimum absolute atomic E-state index is 0.0941. The number of hydrogen-bond acceptors (Lipinski definition) is 4. The molecule has 0 aromatic carbocycles. The SMILES string of the molecule is CCC(C#N)(CCCN1C(=O)CC(C)(C)C1=O)NC(C)C. The highest BCUT2D eigenvalue weighted by atomic mass is 16.2. The van der Waals surface area contributed by atoms with Gasteiger partial charge in [-0.1, -0.05) is 20.8 Å². The first-order valence-corrected chi connectivity index (χ1v) is 7.71. The molecule has 0 spiro atoms. The van der Waals surface area contributed by atoms with Crippen LogP contribution < -0.4 is 5.32 Å². The van der Waals surface area contributed by atoms with Crippen molar-refractivity contribution in [2.45, 2.75) is 71.9 Å². The summed E-state index contributed by atoms with van der Waals surface area (Å²) in [5.74, 6) is -0.191. The zero-order valence-corrected chi connectivity index (χ0v) is 13.8. The lowest BCUT2D eigenvalue weighted by molar-refractivity contribution is -0.140. The Balaban J connectivity index is 2.62. The van der Waals surface area contributed by atoms with Gasteiger partial charge in [-0.25, -0.2) is 0 Å². The molecule has 0 aromatic heterocycles. The average molecular weight is 293 g/mol. The predicted molar refractivity (Wildman–Crippen MR) is 81.3 cm³/mol. The monoisotopic (exact) mass is 293 g/mol. The lowest BCUT2D eigenvalue weighted by Crippen LogP contribution is -2.47. The Hall–Kier alpha value is -1.41. The van der Waals surface area contributed by atoms with Crippen molar-refractivity contribution in [3.63, 3.8) is 0 Å². The van der Waals surface area contributed by atoms with Gasteiger partial charge >= 0.3 is 0 Å². The fourth-order valence-electron chi connectivity index (χ4n) is 2.86. The van der Waals surface area contributed by atoms with Crippen LogP contribution in [-0.4, -0.2) is 34.8 Å². The Labute approximate surface area is 127 Å². The number of nitrogens with zero attached hydrogens (tertiary/aromatic N) is 2. The van der Waals surface area contributed by atoms with Gasteiger partial charge < -0.3 is 0 Å². The smallest absolute Gasteiger partial charge is 0.235 e. The average Bonchev–Trinajstić information content (AvgIpc) is 2.58. The van der Waals surface area contributed by atoms with Crippen molar-refractivity contribution in [1.82, 2.24) is 10.2 Å². The number of nitrogens with one attached hydrogen (secondary N) is 1. The summed E-state index contributed by atoms with van der Waals surface area (Å²) in [6.45, 7) is 10.0. The first-order chi connectivity index (χ1) is 9.67. The maximum atomic E-state index is 12.1. The van der Waals surface area contributed by atoms with E-state index in [-0.39, 0.29) is 24.3 Å². The van der Waals surface area contributed by atoms with Gasteiger partial charge in [0.05, 0.1) is 11.5 Å². The van der Waals surface area contributed by atoms with Crippen LogP contribution >= 0.6 is 0 Å². The lowest BCUT2D eigenvalue weighted by Gasteiger charge is -2.29. The van der Waals surface area contributed by atoms with Gasteiger partial charge in [0.1, 0.15) is 5.54 Å². The van der Waals surface area contributed by atoms with Crippen molar-refractivity contribution in [2.24, 2.45) is 5.41 Å². The maximum absolute atomic E-state index is 12.1. The Morgan fingerprint density at radius 3 is 2.43 bits per heavy atom. The summed E-state index contributed by atoms with van der Waals surface area (Å²) in [5.41, 5.74) is -1.15. The molecule has 1 rings (SSSR count). The van der Waals surface area contributed by atoms with Crippen LogP contribution in [-0.2, 0) is 9.59 Å². The zero-order chi connectivity index (χ0) is 16.3. The van der Waals surface area contributed by atoms with Crippen LogP contribution in [0, 0.1) is 16.7 Å². The highest BCUT2D eigenvalue weighted by Crippen LogP contribution is 2.32. The van der Waals surface area contributed by atoms with Gasteiger partial charge in [-0.3, -0.25) is 19.8 Å².